The summed E-state index contributed by atoms with van der Waals surface area (Å²) < 4.78 is 10.8. The van der Waals surface area contributed by atoms with Gasteiger partial charge in [-0.15, -0.1) is 0 Å². The molecule has 4 rings (SSSR count). The van der Waals surface area contributed by atoms with Gasteiger partial charge < -0.3 is 19.8 Å². The van der Waals surface area contributed by atoms with Crippen molar-refractivity contribution in [3.63, 3.8) is 0 Å². The number of amides is 1. The molecule has 2 heterocycles. The van der Waals surface area contributed by atoms with Crippen molar-refractivity contribution in [3.8, 4) is 11.3 Å². The number of aromatic nitrogens is 3. The molecule has 2 N–H and O–H groups in total. The smallest absolute Gasteiger partial charge is 0.254 e. The van der Waals surface area contributed by atoms with Crippen molar-refractivity contribution in [2.75, 3.05) is 20.3 Å². The van der Waals surface area contributed by atoms with Crippen LogP contribution in [0.4, 0.5) is 0 Å². The number of hydrogen-bond acceptors (Lipinski definition) is 5. The van der Waals surface area contributed by atoms with E-state index in [9.17, 15) is 4.79 Å². The average molecular weight is 445 g/mol. The number of hydrogen-bond donors (Lipinski definition) is 2. The summed E-state index contributed by atoms with van der Waals surface area (Å²) in [6.45, 7) is 5.99. The maximum atomic E-state index is 12.5. The van der Waals surface area contributed by atoms with Crippen LogP contribution in [0.1, 0.15) is 32.7 Å². The monoisotopic (exact) mass is 444 g/mol. The number of aryl methyl sites for hydroxylation is 2. The van der Waals surface area contributed by atoms with E-state index in [0.717, 1.165) is 38.9 Å². The number of rotatable bonds is 9. The van der Waals surface area contributed by atoms with Crippen LogP contribution in [-0.4, -0.2) is 41.2 Å². The highest BCUT2D eigenvalue weighted by Crippen LogP contribution is 2.32. The fraction of sp³-hybridized carbons (Fsp3) is 0.269. The number of nitrogens with zero attached hydrogens (tertiary/aromatic N) is 2. The Labute approximate surface area is 193 Å². The van der Waals surface area contributed by atoms with Crippen molar-refractivity contribution in [2.24, 2.45) is 0 Å². The summed E-state index contributed by atoms with van der Waals surface area (Å²) in [7, 11) is 1.67. The Balaban J connectivity index is 1.55. The fourth-order valence-corrected chi connectivity index (χ4v) is 3.86. The van der Waals surface area contributed by atoms with Crippen molar-refractivity contribution >= 4 is 16.8 Å². The Hall–Kier alpha value is -3.55. The minimum absolute atomic E-state index is 0.179. The number of fused-ring (bicyclic) bond motifs is 1. The third-order valence-corrected chi connectivity index (χ3v) is 5.71. The van der Waals surface area contributed by atoms with Crippen LogP contribution in [0.15, 0.2) is 55.0 Å². The summed E-state index contributed by atoms with van der Waals surface area (Å²) in [4.78, 5) is 24.1. The quantitative estimate of drug-likeness (QED) is 0.375. The van der Waals surface area contributed by atoms with Crippen molar-refractivity contribution < 1.29 is 14.3 Å². The van der Waals surface area contributed by atoms with Gasteiger partial charge >= 0.3 is 0 Å². The van der Waals surface area contributed by atoms with Crippen molar-refractivity contribution in [1.29, 1.82) is 0 Å². The van der Waals surface area contributed by atoms with Gasteiger partial charge in [0.2, 0.25) is 0 Å². The van der Waals surface area contributed by atoms with Gasteiger partial charge in [0.05, 0.1) is 31.1 Å². The summed E-state index contributed by atoms with van der Waals surface area (Å²) >= 11 is 0. The second kappa shape index (κ2) is 10.4. The van der Waals surface area contributed by atoms with Crippen LogP contribution in [0.2, 0.25) is 0 Å². The van der Waals surface area contributed by atoms with Crippen LogP contribution in [0.3, 0.4) is 0 Å². The number of H-pyrrole nitrogens is 1. The maximum Gasteiger partial charge on any atom is 0.254 e. The van der Waals surface area contributed by atoms with Gasteiger partial charge in [0.25, 0.3) is 5.91 Å². The lowest BCUT2D eigenvalue weighted by Gasteiger charge is -2.10. The van der Waals surface area contributed by atoms with Crippen LogP contribution in [0.5, 0.6) is 0 Å². The van der Waals surface area contributed by atoms with Crippen LogP contribution in [-0.2, 0) is 22.6 Å². The van der Waals surface area contributed by atoms with E-state index in [-0.39, 0.29) is 5.91 Å². The molecule has 0 atom stereocenters. The number of ether oxygens (including phenoxy) is 2. The Kier molecular flexibility index (Phi) is 7.12. The number of aromatic amines is 1. The SMILES string of the molecule is COCCOCc1ccccc1-c1[nH]c2ccc(CNC(=O)c3cncnc3C)cc2c1C. The molecule has 0 aliphatic carbocycles. The summed E-state index contributed by atoms with van der Waals surface area (Å²) in [5.74, 6) is -0.179. The predicted molar refractivity (Wildman–Crippen MR) is 128 cm³/mol. The molecule has 0 spiro atoms. The molecule has 7 heteroatoms. The molecule has 1 amide bonds. The molecule has 7 nitrogen and oxygen atoms in total. The van der Waals surface area contributed by atoms with Crippen LogP contribution in [0.25, 0.3) is 22.2 Å². The second-order valence-corrected chi connectivity index (χ2v) is 7.91. The normalized spacial score (nSPS) is 11.1. The van der Waals surface area contributed by atoms with E-state index in [1.807, 2.05) is 18.2 Å². The molecule has 33 heavy (non-hydrogen) atoms. The van der Waals surface area contributed by atoms with Gasteiger partial charge in [-0.1, -0.05) is 30.3 Å². The molecule has 0 aliphatic rings. The first kappa shape index (κ1) is 22.6. The molecule has 2 aromatic heterocycles. The van der Waals surface area contributed by atoms with E-state index < -0.39 is 0 Å². The standard InChI is InChI=1S/C26H28N4O3/c1-17-22-12-19(13-28-26(31)23-14-27-16-29-18(23)2)8-9-24(22)30-25(17)21-7-5-4-6-20(21)15-33-11-10-32-3/h4-9,12,14,16,30H,10-11,13,15H2,1-3H3,(H,28,31). The van der Waals surface area contributed by atoms with Crippen LogP contribution >= 0.6 is 0 Å². The minimum Gasteiger partial charge on any atom is -0.382 e. The van der Waals surface area contributed by atoms with E-state index >= 15 is 0 Å². The van der Waals surface area contributed by atoms with E-state index in [4.69, 9.17) is 9.47 Å². The first-order valence-corrected chi connectivity index (χ1v) is 10.9. The highest BCUT2D eigenvalue weighted by molar-refractivity contribution is 5.95. The third-order valence-electron chi connectivity index (χ3n) is 5.71. The Morgan fingerprint density at radius 1 is 1.12 bits per heavy atom. The summed E-state index contributed by atoms with van der Waals surface area (Å²) in [5.41, 5.74) is 7.71. The molecule has 170 valence electrons. The number of nitrogens with one attached hydrogen (secondary N) is 2. The Bertz CT molecular complexity index is 1270. The molecule has 0 bridgehead atoms. The average Bonchev–Trinajstić information content (AvgIpc) is 3.16. The van der Waals surface area contributed by atoms with Gasteiger partial charge in [-0.25, -0.2) is 9.97 Å². The second-order valence-electron chi connectivity index (χ2n) is 7.91. The van der Waals surface area contributed by atoms with Crippen molar-refractivity contribution in [1.82, 2.24) is 20.3 Å². The summed E-state index contributed by atoms with van der Waals surface area (Å²) in [6, 6.07) is 14.5. The van der Waals surface area contributed by atoms with Crippen LogP contribution in [0, 0.1) is 13.8 Å². The molecule has 0 fully saturated rings. The van der Waals surface area contributed by atoms with E-state index in [1.165, 1.54) is 6.33 Å². The molecule has 2 aromatic carbocycles. The van der Waals surface area contributed by atoms with Gasteiger partial charge in [0.1, 0.15) is 6.33 Å². The van der Waals surface area contributed by atoms with Gasteiger partial charge in [-0.2, -0.15) is 0 Å². The molecule has 0 unspecified atom stereocenters. The zero-order valence-corrected chi connectivity index (χ0v) is 19.1. The molecular formula is C26H28N4O3. The number of benzene rings is 2. The number of carbonyl (C=O) groups is 1. The lowest BCUT2D eigenvalue weighted by Crippen LogP contribution is -2.24. The minimum atomic E-state index is -0.179. The first-order valence-electron chi connectivity index (χ1n) is 10.9. The first-order chi connectivity index (χ1) is 16.1. The molecular weight excluding hydrogens is 416 g/mol. The number of methoxy groups -OCH3 is 1. The molecule has 0 saturated heterocycles. The highest BCUT2D eigenvalue weighted by atomic mass is 16.5. The van der Waals surface area contributed by atoms with Crippen molar-refractivity contribution in [2.45, 2.75) is 27.0 Å². The fourth-order valence-electron chi connectivity index (χ4n) is 3.86. The van der Waals surface area contributed by atoms with E-state index in [2.05, 4.69) is 51.5 Å². The van der Waals surface area contributed by atoms with Gasteiger partial charge in [-0.3, -0.25) is 4.79 Å². The van der Waals surface area contributed by atoms with Crippen molar-refractivity contribution in [3.05, 3.63) is 82.9 Å². The third kappa shape index (κ3) is 5.10. The van der Waals surface area contributed by atoms with E-state index in [1.54, 1.807) is 20.2 Å². The Morgan fingerprint density at radius 2 is 1.97 bits per heavy atom. The lowest BCUT2D eigenvalue weighted by atomic mass is 10.0. The largest absolute Gasteiger partial charge is 0.382 e. The molecule has 0 saturated carbocycles. The number of carbonyl (C=O) groups excluding carboxylic acids is 1. The van der Waals surface area contributed by atoms with E-state index in [0.29, 0.717) is 37.6 Å². The van der Waals surface area contributed by atoms with Gasteiger partial charge in [0.15, 0.2) is 0 Å². The van der Waals surface area contributed by atoms with Gasteiger partial charge in [-0.05, 0) is 42.7 Å². The maximum absolute atomic E-state index is 12.5. The lowest BCUT2D eigenvalue weighted by molar-refractivity contribution is 0.0618. The zero-order valence-electron chi connectivity index (χ0n) is 19.1. The van der Waals surface area contributed by atoms with Gasteiger partial charge in [0, 0.05) is 42.0 Å². The highest BCUT2D eigenvalue weighted by Gasteiger charge is 2.14. The van der Waals surface area contributed by atoms with Crippen LogP contribution < -0.4 is 5.32 Å². The topological polar surface area (TPSA) is 89.1 Å². The molecule has 0 aliphatic heterocycles. The predicted octanol–water partition coefficient (Wildman–Crippen LogP) is 4.33. The molecule has 4 aromatic rings. The summed E-state index contributed by atoms with van der Waals surface area (Å²) in [5, 5.41) is 4.10. The zero-order chi connectivity index (χ0) is 23.2. The Morgan fingerprint density at radius 3 is 2.79 bits per heavy atom. The summed E-state index contributed by atoms with van der Waals surface area (Å²) in [6.07, 6.45) is 2.98. The molecule has 0 radical (unpaired) electrons.